The van der Waals surface area contributed by atoms with Crippen molar-refractivity contribution in [3.63, 3.8) is 0 Å². The molecule has 0 saturated carbocycles. The number of aliphatic carboxylic acids is 1. The smallest absolute Gasteiger partial charge is 0.307 e. The fourth-order valence-electron chi connectivity index (χ4n) is 2.66. The van der Waals surface area contributed by atoms with E-state index >= 15 is 0 Å². The maximum Gasteiger partial charge on any atom is 0.307 e. The molecule has 0 aliphatic carbocycles. The van der Waals surface area contributed by atoms with Crippen LogP contribution in [0, 0.1) is 11.6 Å². The van der Waals surface area contributed by atoms with Crippen LogP contribution >= 0.6 is 15.9 Å². The van der Waals surface area contributed by atoms with E-state index in [-0.39, 0.29) is 35.5 Å². The molecule has 0 aliphatic rings. The van der Waals surface area contributed by atoms with E-state index in [1.807, 2.05) is 0 Å². The topological polar surface area (TPSA) is 81.4 Å². The third-order valence-electron chi connectivity index (χ3n) is 4.03. The molecule has 0 atom stereocenters. The highest BCUT2D eigenvalue weighted by atomic mass is 79.9. The van der Waals surface area contributed by atoms with Crippen LogP contribution in [0.2, 0.25) is 0 Å². The summed E-state index contributed by atoms with van der Waals surface area (Å²) in [6.45, 7) is -0.0385. The Morgan fingerprint density at radius 1 is 1.17 bits per heavy atom. The van der Waals surface area contributed by atoms with Crippen molar-refractivity contribution < 1.29 is 23.4 Å². The van der Waals surface area contributed by atoms with Gasteiger partial charge in [-0.3, -0.25) is 14.2 Å². The Morgan fingerprint density at radius 3 is 2.66 bits per heavy atom. The summed E-state index contributed by atoms with van der Waals surface area (Å²) < 4.78 is 33.4. The first kappa shape index (κ1) is 20.7. The largest absolute Gasteiger partial charge is 0.481 e. The lowest BCUT2D eigenvalue weighted by Crippen LogP contribution is -2.22. The van der Waals surface area contributed by atoms with Gasteiger partial charge in [0.25, 0.3) is 5.56 Å². The van der Waals surface area contributed by atoms with Crippen molar-refractivity contribution in [2.45, 2.75) is 19.6 Å². The third kappa shape index (κ3) is 5.26. The van der Waals surface area contributed by atoms with Crippen LogP contribution in [0.4, 0.5) is 8.78 Å². The summed E-state index contributed by atoms with van der Waals surface area (Å²) >= 11 is 3.14. The highest BCUT2D eigenvalue weighted by Crippen LogP contribution is 2.20. The standard InChI is InChI=1S/C20H15BrF2N2O4/c21-18-19(29-10-14-4-5-15(22)8-16(14)23)24-11-25(20(18)28)9-13-3-1-2-12(6-13)7-17(26)27/h1-6,8,11H,7,9-10H2,(H,26,27). The molecule has 2 aromatic carbocycles. The highest BCUT2D eigenvalue weighted by molar-refractivity contribution is 9.10. The van der Waals surface area contributed by atoms with E-state index < -0.39 is 23.2 Å². The van der Waals surface area contributed by atoms with Crippen LogP contribution in [-0.4, -0.2) is 20.6 Å². The zero-order valence-corrected chi connectivity index (χ0v) is 16.5. The van der Waals surface area contributed by atoms with Crippen LogP contribution in [0.3, 0.4) is 0 Å². The summed E-state index contributed by atoms with van der Waals surface area (Å²) in [5, 5.41) is 8.89. The second kappa shape index (κ2) is 8.95. The van der Waals surface area contributed by atoms with Gasteiger partial charge < -0.3 is 9.84 Å². The molecule has 9 heteroatoms. The van der Waals surface area contributed by atoms with Gasteiger partial charge >= 0.3 is 5.97 Å². The number of halogens is 3. The lowest BCUT2D eigenvalue weighted by Gasteiger charge is -2.11. The predicted molar refractivity (Wildman–Crippen MR) is 104 cm³/mol. The first-order valence-electron chi connectivity index (χ1n) is 8.45. The lowest BCUT2D eigenvalue weighted by atomic mass is 10.1. The second-order valence-corrected chi connectivity index (χ2v) is 7.00. The van der Waals surface area contributed by atoms with Gasteiger partial charge in [-0.25, -0.2) is 13.8 Å². The van der Waals surface area contributed by atoms with Gasteiger partial charge in [-0.15, -0.1) is 0 Å². The monoisotopic (exact) mass is 464 g/mol. The molecule has 0 fully saturated rings. The molecule has 0 saturated heterocycles. The molecule has 0 bridgehead atoms. The normalized spacial score (nSPS) is 10.7. The Hall–Kier alpha value is -3.07. The molecule has 0 spiro atoms. The fraction of sp³-hybridized carbons (Fsp3) is 0.150. The SMILES string of the molecule is O=C(O)Cc1cccc(Cn2cnc(OCc3ccc(F)cc3F)c(Br)c2=O)c1. The van der Waals surface area contributed by atoms with Gasteiger partial charge in [0.1, 0.15) is 29.0 Å². The molecule has 0 aliphatic heterocycles. The zero-order chi connectivity index (χ0) is 21.0. The molecule has 0 unspecified atom stereocenters. The number of carboxylic acid groups (broad SMARTS) is 1. The number of hydrogen-bond acceptors (Lipinski definition) is 4. The minimum absolute atomic E-state index is 0.0189. The third-order valence-corrected chi connectivity index (χ3v) is 4.71. The summed E-state index contributed by atoms with van der Waals surface area (Å²) in [4.78, 5) is 27.5. The Kier molecular flexibility index (Phi) is 6.38. The Morgan fingerprint density at radius 2 is 1.93 bits per heavy atom. The number of rotatable bonds is 7. The van der Waals surface area contributed by atoms with Crippen molar-refractivity contribution in [1.29, 1.82) is 0 Å². The Bertz CT molecular complexity index is 1120. The van der Waals surface area contributed by atoms with E-state index in [1.165, 1.54) is 17.0 Å². The van der Waals surface area contributed by atoms with Crippen LogP contribution in [0.1, 0.15) is 16.7 Å². The van der Waals surface area contributed by atoms with Crippen molar-refractivity contribution in [3.05, 3.63) is 91.9 Å². The molecule has 0 radical (unpaired) electrons. The average molecular weight is 465 g/mol. The number of hydrogen-bond donors (Lipinski definition) is 1. The number of benzene rings is 2. The minimum atomic E-state index is -0.942. The van der Waals surface area contributed by atoms with Crippen molar-refractivity contribution >= 4 is 21.9 Å². The van der Waals surface area contributed by atoms with E-state index in [1.54, 1.807) is 24.3 Å². The molecule has 1 N–H and O–H groups in total. The van der Waals surface area contributed by atoms with Gasteiger partial charge in [0, 0.05) is 11.6 Å². The molecule has 1 aromatic heterocycles. The van der Waals surface area contributed by atoms with E-state index in [4.69, 9.17) is 9.84 Å². The van der Waals surface area contributed by atoms with Gasteiger partial charge in [0.05, 0.1) is 13.0 Å². The Balaban J connectivity index is 1.75. The number of ether oxygens (including phenoxy) is 1. The van der Waals surface area contributed by atoms with E-state index in [2.05, 4.69) is 20.9 Å². The van der Waals surface area contributed by atoms with Gasteiger partial charge in [-0.1, -0.05) is 24.3 Å². The average Bonchev–Trinajstić information content (AvgIpc) is 2.66. The van der Waals surface area contributed by atoms with Gasteiger partial charge in [-0.05, 0) is 39.2 Å². The van der Waals surface area contributed by atoms with Gasteiger partial charge in [0.15, 0.2) is 0 Å². The van der Waals surface area contributed by atoms with Crippen molar-refractivity contribution in [3.8, 4) is 5.88 Å². The molecule has 29 heavy (non-hydrogen) atoms. The molecule has 1 heterocycles. The first-order chi connectivity index (χ1) is 13.8. The zero-order valence-electron chi connectivity index (χ0n) is 14.9. The van der Waals surface area contributed by atoms with E-state index in [9.17, 15) is 18.4 Å². The highest BCUT2D eigenvalue weighted by Gasteiger charge is 2.13. The molecular formula is C20H15BrF2N2O4. The van der Waals surface area contributed by atoms with Gasteiger partial charge in [-0.2, -0.15) is 0 Å². The molecule has 0 amide bonds. The van der Waals surface area contributed by atoms with Crippen LogP contribution < -0.4 is 10.3 Å². The molecule has 150 valence electrons. The van der Waals surface area contributed by atoms with Crippen LogP contribution in [-0.2, 0) is 24.4 Å². The van der Waals surface area contributed by atoms with Crippen LogP contribution in [0.5, 0.6) is 5.88 Å². The lowest BCUT2D eigenvalue weighted by molar-refractivity contribution is -0.136. The van der Waals surface area contributed by atoms with Crippen LogP contribution in [0.25, 0.3) is 0 Å². The number of aromatic nitrogens is 2. The van der Waals surface area contributed by atoms with Crippen molar-refractivity contribution in [2.24, 2.45) is 0 Å². The van der Waals surface area contributed by atoms with Gasteiger partial charge in [0.2, 0.25) is 5.88 Å². The fourth-order valence-corrected chi connectivity index (χ4v) is 3.10. The summed E-state index contributed by atoms with van der Waals surface area (Å²) in [6, 6.07) is 10.0. The molecule has 3 rings (SSSR count). The summed E-state index contributed by atoms with van der Waals surface area (Å²) in [5.41, 5.74) is 1.07. The molecular weight excluding hydrogens is 450 g/mol. The number of nitrogens with zero attached hydrogens (tertiary/aromatic N) is 2. The minimum Gasteiger partial charge on any atom is -0.481 e. The summed E-state index contributed by atoms with van der Waals surface area (Å²) in [5.74, 6) is -2.41. The maximum atomic E-state index is 13.7. The Labute approximate surface area is 172 Å². The quantitative estimate of drug-likeness (QED) is 0.578. The van der Waals surface area contributed by atoms with Crippen LogP contribution in [0.15, 0.2) is 58.1 Å². The molecule has 6 nitrogen and oxygen atoms in total. The predicted octanol–water partition coefficient (Wildman–Crippen LogP) is 3.54. The van der Waals surface area contributed by atoms with Crippen molar-refractivity contribution in [1.82, 2.24) is 9.55 Å². The summed E-state index contributed by atoms with van der Waals surface area (Å²) in [6.07, 6.45) is 1.17. The summed E-state index contributed by atoms with van der Waals surface area (Å²) in [7, 11) is 0. The second-order valence-electron chi connectivity index (χ2n) is 6.21. The van der Waals surface area contributed by atoms with E-state index in [0.717, 1.165) is 17.7 Å². The first-order valence-corrected chi connectivity index (χ1v) is 9.24. The molecule has 3 aromatic rings. The maximum absolute atomic E-state index is 13.7. The van der Waals surface area contributed by atoms with Crippen molar-refractivity contribution in [2.75, 3.05) is 0 Å². The van der Waals surface area contributed by atoms with E-state index in [0.29, 0.717) is 5.56 Å². The number of carboxylic acids is 1. The number of carbonyl (C=O) groups is 1.